The lowest BCUT2D eigenvalue weighted by atomic mass is 9.95. The van der Waals surface area contributed by atoms with Crippen molar-refractivity contribution in [3.05, 3.63) is 17.0 Å². The van der Waals surface area contributed by atoms with E-state index in [1.54, 1.807) is 10.4 Å². The summed E-state index contributed by atoms with van der Waals surface area (Å²) in [6, 6.07) is 3.63. The molecule has 1 aliphatic rings. The first kappa shape index (κ1) is 16.9. The van der Waals surface area contributed by atoms with Crippen molar-refractivity contribution in [1.29, 1.82) is 0 Å². The van der Waals surface area contributed by atoms with Gasteiger partial charge in [0.15, 0.2) is 0 Å². The summed E-state index contributed by atoms with van der Waals surface area (Å²) in [5.74, 6) is 0.0537. The maximum atomic E-state index is 12.9. The molecule has 2 rings (SSSR count). The SMILES string of the molecule is CC1CCC(CO)CN1S(=O)(=O)c1ccc(C(C)(C)C)s1. The van der Waals surface area contributed by atoms with Crippen LogP contribution in [0.25, 0.3) is 0 Å². The second-order valence-electron chi connectivity index (χ2n) is 6.92. The number of sulfonamides is 1. The lowest BCUT2D eigenvalue weighted by molar-refractivity contribution is 0.139. The van der Waals surface area contributed by atoms with Crippen LogP contribution >= 0.6 is 11.3 Å². The number of piperidine rings is 1. The second-order valence-corrected chi connectivity index (χ2v) is 10.1. The Kier molecular flexibility index (Phi) is 4.83. The van der Waals surface area contributed by atoms with Crippen molar-refractivity contribution < 1.29 is 13.5 Å². The van der Waals surface area contributed by atoms with Crippen LogP contribution in [0.4, 0.5) is 0 Å². The molecule has 1 saturated heterocycles. The molecule has 6 heteroatoms. The molecule has 0 saturated carbocycles. The number of thiophene rings is 1. The number of hydrogen-bond donors (Lipinski definition) is 1. The van der Waals surface area contributed by atoms with Gasteiger partial charge in [-0.25, -0.2) is 8.42 Å². The number of aliphatic hydroxyl groups excluding tert-OH is 1. The molecule has 0 amide bonds. The van der Waals surface area contributed by atoms with Crippen LogP contribution in [0.1, 0.15) is 45.4 Å². The lowest BCUT2D eigenvalue weighted by Gasteiger charge is -2.35. The maximum Gasteiger partial charge on any atom is 0.252 e. The molecule has 0 spiro atoms. The highest BCUT2D eigenvalue weighted by Gasteiger charge is 2.35. The highest BCUT2D eigenvalue weighted by molar-refractivity contribution is 7.91. The van der Waals surface area contributed by atoms with Crippen LogP contribution in [0.5, 0.6) is 0 Å². The van der Waals surface area contributed by atoms with Crippen LogP contribution in [0.15, 0.2) is 16.3 Å². The molecule has 2 unspecified atom stereocenters. The van der Waals surface area contributed by atoms with Crippen molar-refractivity contribution >= 4 is 21.4 Å². The largest absolute Gasteiger partial charge is 0.396 e. The van der Waals surface area contributed by atoms with Gasteiger partial charge in [0.2, 0.25) is 0 Å². The minimum atomic E-state index is -3.45. The zero-order chi connectivity index (χ0) is 15.8. The van der Waals surface area contributed by atoms with Crippen LogP contribution in [0, 0.1) is 5.92 Å². The monoisotopic (exact) mass is 331 g/mol. The molecule has 120 valence electrons. The van der Waals surface area contributed by atoms with E-state index in [-0.39, 0.29) is 24.0 Å². The average Bonchev–Trinajstić information content (AvgIpc) is 2.89. The third-order valence-electron chi connectivity index (χ3n) is 4.06. The van der Waals surface area contributed by atoms with Crippen molar-refractivity contribution in [3.63, 3.8) is 0 Å². The molecule has 0 bridgehead atoms. The Hall–Kier alpha value is -0.430. The standard InChI is InChI=1S/C15H25NO3S2/c1-11-5-6-12(10-17)9-16(11)21(18,19)14-8-7-13(20-14)15(2,3)4/h7-8,11-12,17H,5-6,9-10H2,1-4H3. The van der Waals surface area contributed by atoms with E-state index in [2.05, 4.69) is 20.8 Å². The van der Waals surface area contributed by atoms with Gasteiger partial charge in [0.05, 0.1) is 0 Å². The average molecular weight is 332 g/mol. The van der Waals surface area contributed by atoms with Crippen LogP contribution in [-0.2, 0) is 15.4 Å². The van der Waals surface area contributed by atoms with Crippen molar-refractivity contribution in [2.45, 2.75) is 56.2 Å². The van der Waals surface area contributed by atoms with Crippen LogP contribution in [0.2, 0.25) is 0 Å². The summed E-state index contributed by atoms with van der Waals surface area (Å²) in [6.45, 7) is 8.67. The number of rotatable bonds is 3. The summed E-state index contributed by atoms with van der Waals surface area (Å²) in [5.41, 5.74) is -0.0421. The molecule has 1 aliphatic heterocycles. The van der Waals surface area contributed by atoms with E-state index in [1.165, 1.54) is 11.3 Å². The van der Waals surface area contributed by atoms with Gasteiger partial charge in [-0.15, -0.1) is 11.3 Å². The molecule has 2 atom stereocenters. The smallest absolute Gasteiger partial charge is 0.252 e. The summed E-state index contributed by atoms with van der Waals surface area (Å²) in [5, 5.41) is 9.32. The Labute approximate surface area is 131 Å². The van der Waals surface area contributed by atoms with Gasteiger partial charge in [-0.2, -0.15) is 4.31 Å². The quantitative estimate of drug-likeness (QED) is 0.926. The molecule has 1 fully saturated rings. The van der Waals surface area contributed by atoms with Gasteiger partial charge >= 0.3 is 0 Å². The van der Waals surface area contributed by atoms with Crippen LogP contribution in [0.3, 0.4) is 0 Å². The predicted octanol–water partition coefficient (Wildman–Crippen LogP) is 2.83. The van der Waals surface area contributed by atoms with Crippen molar-refractivity contribution in [2.75, 3.05) is 13.2 Å². The molecule has 1 aromatic heterocycles. The highest BCUT2D eigenvalue weighted by atomic mass is 32.2. The Balaban J connectivity index is 2.30. The molecular formula is C15H25NO3S2. The van der Waals surface area contributed by atoms with E-state index in [1.807, 2.05) is 13.0 Å². The summed E-state index contributed by atoms with van der Waals surface area (Å²) in [7, 11) is -3.45. The van der Waals surface area contributed by atoms with Gasteiger partial charge in [-0.05, 0) is 43.2 Å². The topological polar surface area (TPSA) is 57.6 Å². The molecule has 0 aromatic carbocycles. The van der Waals surface area contributed by atoms with Crippen molar-refractivity contribution in [2.24, 2.45) is 5.92 Å². The number of aliphatic hydroxyl groups is 1. The molecule has 0 aliphatic carbocycles. The minimum Gasteiger partial charge on any atom is -0.396 e. The fourth-order valence-electron chi connectivity index (χ4n) is 2.61. The van der Waals surface area contributed by atoms with E-state index in [0.717, 1.165) is 17.7 Å². The fourth-order valence-corrected chi connectivity index (χ4v) is 5.84. The molecular weight excluding hydrogens is 306 g/mol. The Morgan fingerprint density at radius 1 is 1.33 bits per heavy atom. The van der Waals surface area contributed by atoms with Crippen molar-refractivity contribution in [3.8, 4) is 0 Å². The molecule has 4 nitrogen and oxygen atoms in total. The summed E-state index contributed by atoms with van der Waals surface area (Å²) < 4.78 is 27.7. The van der Waals surface area contributed by atoms with E-state index in [9.17, 15) is 13.5 Å². The highest BCUT2D eigenvalue weighted by Crippen LogP contribution is 2.35. The molecule has 1 aromatic rings. The summed E-state index contributed by atoms with van der Waals surface area (Å²) in [6.07, 6.45) is 1.70. The Bertz CT molecular complexity index is 586. The van der Waals surface area contributed by atoms with Crippen molar-refractivity contribution in [1.82, 2.24) is 4.31 Å². The van der Waals surface area contributed by atoms with E-state index in [0.29, 0.717) is 10.8 Å². The summed E-state index contributed by atoms with van der Waals surface area (Å²) >= 11 is 1.36. The first-order valence-electron chi connectivity index (χ1n) is 7.39. The Morgan fingerprint density at radius 2 is 2.00 bits per heavy atom. The minimum absolute atomic E-state index is 0.00186. The fraction of sp³-hybridized carbons (Fsp3) is 0.733. The zero-order valence-corrected chi connectivity index (χ0v) is 14.8. The Morgan fingerprint density at radius 3 is 2.52 bits per heavy atom. The van der Waals surface area contributed by atoms with E-state index >= 15 is 0 Å². The van der Waals surface area contributed by atoms with Crippen LogP contribution < -0.4 is 0 Å². The van der Waals surface area contributed by atoms with Crippen LogP contribution in [-0.4, -0.2) is 37.0 Å². The molecule has 21 heavy (non-hydrogen) atoms. The normalized spacial score (nSPS) is 25.2. The zero-order valence-electron chi connectivity index (χ0n) is 13.2. The third kappa shape index (κ3) is 3.50. The van der Waals surface area contributed by atoms with Gasteiger partial charge in [0.25, 0.3) is 10.0 Å². The summed E-state index contributed by atoms with van der Waals surface area (Å²) in [4.78, 5) is 1.07. The molecule has 1 N–H and O–H groups in total. The first-order chi connectivity index (χ1) is 9.66. The van der Waals surface area contributed by atoms with E-state index < -0.39 is 10.0 Å². The van der Waals surface area contributed by atoms with Gasteiger partial charge < -0.3 is 5.11 Å². The van der Waals surface area contributed by atoms with E-state index in [4.69, 9.17) is 0 Å². The molecule has 2 heterocycles. The van der Waals surface area contributed by atoms with Gasteiger partial charge in [-0.3, -0.25) is 0 Å². The number of hydrogen-bond acceptors (Lipinski definition) is 4. The third-order valence-corrected chi connectivity index (χ3v) is 8.02. The first-order valence-corrected chi connectivity index (χ1v) is 9.65. The maximum absolute atomic E-state index is 12.9. The predicted molar refractivity (Wildman–Crippen MR) is 86.2 cm³/mol. The lowest BCUT2D eigenvalue weighted by Crippen LogP contribution is -2.45. The van der Waals surface area contributed by atoms with Gasteiger partial charge in [0, 0.05) is 24.1 Å². The number of nitrogens with zero attached hydrogens (tertiary/aromatic N) is 1. The molecule has 0 radical (unpaired) electrons. The van der Waals surface area contributed by atoms with Gasteiger partial charge in [0.1, 0.15) is 4.21 Å². The second kappa shape index (κ2) is 5.99. The van der Waals surface area contributed by atoms with Gasteiger partial charge in [-0.1, -0.05) is 20.8 Å².